The van der Waals surface area contributed by atoms with Crippen LogP contribution in [0.5, 0.6) is 5.75 Å². The number of para-hydroxylation sites is 1. The van der Waals surface area contributed by atoms with Crippen molar-refractivity contribution in [1.82, 2.24) is 0 Å². The molecule has 0 saturated heterocycles. The van der Waals surface area contributed by atoms with Crippen LogP contribution in [0.15, 0.2) is 59.5 Å². The van der Waals surface area contributed by atoms with Crippen LogP contribution < -0.4 is 4.74 Å². The summed E-state index contributed by atoms with van der Waals surface area (Å²) in [4.78, 5) is 0.360. The first kappa shape index (κ1) is 13.2. The molecule has 20 heavy (non-hydrogen) atoms. The Bertz CT molecular complexity index is 722. The molecule has 104 valence electrons. The lowest BCUT2D eigenvalue weighted by Crippen LogP contribution is -2.37. The van der Waals surface area contributed by atoms with Gasteiger partial charge >= 0.3 is 0 Å². The van der Waals surface area contributed by atoms with E-state index in [1.165, 1.54) is 0 Å². The van der Waals surface area contributed by atoms with Gasteiger partial charge in [-0.15, -0.1) is 0 Å². The SMILES string of the molecule is CC1(S(=O)(=O)c2ccccc2)CCOc2ccccc21. The summed E-state index contributed by atoms with van der Waals surface area (Å²) in [6.07, 6.45) is 0.460. The van der Waals surface area contributed by atoms with E-state index in [-0.39, 0.29) is 0 Å². The molecule has 4 heteroatoms. The second-order valence-corrected chi connectivity index (χ2v) is 7.52. The number of hydrogen-bond acceptors (Lipinski definition) is 3. The molecule has 1 heterocycles. The fraction of sp³-hybridized carbons (Fsp3) is 0.250. The van der Waals surface area contributed by atoms with E-state index in [9.17, 15) is 8.42 Å². The number of benzene rings is 2. The molecule has 1 atom stereocenters. The largest absolute Gasteiger partial charge is 0.493 e. The van der Waals surface area contributed by atoms with E-state index < -0.39 is 14.6 Å². The minimum absolute atomic E-state index is 0.360. The first-order valence-electron chi connectivity index (χ1n) is 6.58. The van der Waals surface area contributed by atoms with Crippen molar-refractivity contribution in [2.45, 2.75) is 23.0 Å². The molecule has 0 fully saturated rings. The number of hydrogen-bond donors (Lipinski definition) is 0. The summed E-state index contributed by atoms with van der Waals surface area (Å²) in [5.74, 6) is 0.667. The van der Waals surface area contributed by atoms with E-state index in [2.05, 4.69) is 0 Å². The van der Waals surface area contributed by atoms with Gasteiger partial charge in [-0.25, -0.2) is 8.42 Å². The average molecular weight is 288 g/mol. The predicted octanol–water partition coefficient (Wildman–Crippen LogP) is 3.16. The third kappa shape index (κ3) is 1.83. The molecule has 1 aliphatic rings. The Labute approximate surface area is 119 Å². The second-order valence-electron chi connectivity index (χ2n) is 5.14. The first-order chi connectivity index (χ1) is 9.56. The Morgan fingerprint density at radius 3 is 2.40 bits per heavy atom. The van der Waals surface area contributed by atoms with E-state index in [0.29, 0.717) is 23.7 Å². The van der Waals surface area contributed by atoms with E-state index in [1.807, 2.05) is 30.3 Å². The number of fused-ring (bicyclic) bond motifs is 1. The minimum atomic E-state index is -3.45. The number of rotatable bonds is 2. The van der Waals surface area contributed by atoms with Gasteiger partial charge in [0.15, 0.2) is 9.84 Å². The Morgan fingerprint density at radius 1 is 1.00 bits per heavy atom. The summed E-state index contributed by atoms with van der Waals surface area (Å²) in [7, 11) is -3.45. The average Bonchev–Trinajstić information content (AvgIpc) is 2.48. The van der Waals surface area contributed by atoms with Crippen molar-refractivity contribution in [1.29, 1.82) is 0 Å². The Kier molecular flexibility index (Phi) is 3.05. The van der Waals surface area contributed by atoms with Crippen LogP contribution in [0.1, 0.15) is 18.9 Å². The lowest BCUT2D eigenvalue weighted by molar-refractivity contribution is 0.257. The van der Waals surface area contributed by atoms with Crippen molar-refractivity contribution in [2.75, 3.05) is 6.61 Å². The molecule has 0 N–H and O–H groups in total. The van der Waals surface area contributed by atoms with Crippen LogP contribution in [-0.2, 0) is 14.6 Å². The van der Waals surface area contributed by atoms with Crippen LogP contribution in [0.3, 0.4) is 0 Å². The molecular formula is C16H16O3S. The topological polar surface area (TPSA) is 43.4 Å². The zero-order chi connectivity index (χ0) is 14.2. The molecule has 0 spiro atoms. The fourth-order valence-corrected chi connectivity index (χ4v) is 4.50. The summed E-state index contributed by atoms with van der Waals surface area (Å²) in [6.45, 7) is 2.20. The fourth-order valence-electron chi connectivity index (χ4n) is 2.66. The molecule has 0 saturated carbocycles. The molecule has 3 rings (SSSR count). The molecule has 2 aromatic rings. The smallest absolute Gasteiger partial charge is 0.188 e. The summed E-state index contributed by atoms with van der Waals surface area (Å²) >= 11 is 0. The standard InChI is InChI=1S/C16H16O3S/c1-16(20(17,18)13-7-3-2-4-8-13)11-12-19-15-10-6-5-9-14(15)16/h2-10H,11-12H2,1H3. The number of sulfone groups is 1. The maximum absolute atomic E-state index is 13.0. The highest BCUT2D eigenvalue weighted by Gasteiger charge is 2.45. The summed E-state index contributed by atoms with van der Waals surface area (Å²) in [5, 5.41) is 0. The van der Waals surface area contributed by atoms with Gasteiger partial charge in [0.25, 0.3) is 0 Å². The van der Waals surface area contributed by atoms with Gasteiger partial charge < -0.3 is 4.74 Å². The van der Waals surface area contributed by atoms with Crippen molar-refractivity contribution >= 4 is 9.84 Å². The molecule has 0 amide bonds. The molecule has 0 bridgehead atoms. The highest BCUT2D eigenvalue weighted by atomic mass is 32.2. The third-order valence-corrected chi connectivity index (χ3v) is 6.44. The molecule has 1 aliphatic heterocycles. The monoisotopic (exact) mass is 288 g/mol. The van der Waals surface area contributed by atoms with Gasteiger partial charge in [-0.3, -0.25) is 0 Å². The van der Waals surface area contributed by atoms with Gasteiger partial charge in [-0.05, 0) is 25.1 Å². The normalized spacial score (nSPS) is 21.9. The van der Waals surface area contributed by atoms with Crippen LogP contribution in [0.25, 0.3) is 0 Å². The van der Waals surface area contributed by atoms with Crippen LogP contribution in [0, 0.1) is 0 Å². The van der Waals surface area contributed by atoms with Gasteiger partial charge in [0.1, 0.15) is 10.5 Å². The van der Waals surface area contributed by atoms with Gasteiger partial charge in [-0.2, -0.15) is 0 Å². The molecule has 0 aliphatic carbocycles. The van der Waals surface area contributed by atoms with Crippen molar-refractivity contribution in [3.8, 4) is 5.75 Å². The van der Waals surface area contributed by atoms with Gasteiger partial charge in [0, 0.05) is 12.0 Å². The molecule has 2 aromatic carbocycles. The first-order valence-corrected chi connectivity index (χ1v) is 8.06. The zero-order valence-corrected chi connectivity index (χ0v) is 12.1. The van der Waals surface area contributed by atoms with Crippen LogP contribution in [0.2, 0.25) is 0 Å². The van der Waals surface area contributed by atoms with E-state index >= 15 is 0 Å². The third-order valence-electron chi connectivity index (χ3n) is 3.94. The highest BCUT2D eigenvalue weighted by molar-refractivity contribution is 7.92. The zero-order valence-electron chi connectivity index (χ0n) is 11.2. The van der Waals surface area contributed by atoms with Crippen molar-refractivity contribution in [3.05, 3.63) is 60.2 Å². The van der Waals surface area contributed by atoms with E-state index in [0.717, 1.165) is 5.56 Å². The molecule has 1 unspecified atom stereocenters. The maximum Gasteiger partial charge on any atom is 0.188 e. The Balaban J connectivity index is 2.20. The van der Waals surface area contributed by atoms with Crippen molar-refractivity contribution < 1.29 is 13.2 Å². The van der Waals surface area contributed by atoms with E-state index in [1.54, 1.807) is 31.2 Å². The Hall–Kier alpha value is -1.81. The number of ether oxygens (including phenoxy) is 1. The minimum Gasteiger partial charge on any atom is -0.493 e. The quantitative estimate of drug-likeness (QED) is 0.852. The predicted molar refractivity (Wildman–Crippen MR) is 77.5 cm³/mol. The van der Waals surface area contributed by atoms with E-state index in [4.69, 9.17) is 4.74 Å². The summed E-state index contributed by atoms with van der Waals surface area (Å²) in [6, 6.07) is 16.0. The summed E-state index contributed by atoms with van der Waals surface area (Å²) in [5.41, 5.74) is 0.745. The molecule has 0 radical (unpaired) electrons. The van der Waals surface area contributed by atoms with Crippen LogP contribution in [0.4, 0.5) is 0 Å². The lowest BCUT2D eigenvalue weighted by atomic mass is 9.94. The van der Waals surface area contributed by atoms with Crippen molar-refractivity contribution in [2.24, 2.45) is 0 Å². The molecular weight excluding hydrogens is 272 g/mol. The maximum atomic E-state index is 13.0. The van der Waals surface area contributed by atoms with Gasteiger partial charge in [-0.1, -0.05) is 36.4 Å². The molecule has 0 aromatic heterocycles. The van der Waals surface area contributed by atoms with Crippen LogP contribution >= 0.6 is 0 Å². The second kappa shape index (κ2) is 4.63. The Morgan fingerprint density at radius 2 is 1.65 bits per heavy atom. The molecule has 3 nitrogen and oxygen atoms in total. The summed E-state index contributed by atoms with van der Waals surface area (Å²) < 4.78 is 30.7. The van der Waals surface area contributed by atoms with Gasteiger partial charge in [0.2, 0.25) is 0 Å². The highest BCUT2D eigenvalue weighted by Crippen LogP contribution is 2.44. The van der Waals surface area contributed by atoms with Gasteiger partial charge in [0.05, 0.1) is 11.5 Å². The van der Waals surface area contributed by atoms with Crippen LogP contribution in [-0.4, -0.2) is 15.0 Å². The van der Waals surface area contributed by atoms with Crippen molar-refractivity contribution in [3.63, 3.8) is 0 Å². The lowest BCUT2D eigenvalue weighted by Gasteiger charge is -2.35.